The van der Waals surface area contributed by atoms with E-state index in [9.17, 15) is 9.90 Å². The molecule has 2 rings (SSSR count). The number of nitrogens with two attached hydrogens (primary N) is 1. The van der Waals surface area contributed by atoms with Crippen LogP contribution in [0.25, 0.3) is 0 Å². The van der Waals surface area contributed by atoms with Gasteiger partial charge in [-0.2, -0.15) is 0 Å². The molecule has 1 saturated carbocycles. The van der Waals surface area contributed by atoms with E-state index < -0.39 is 5.54 Å². The normalized spacial score (nSPS) is 26.6. The number of aromatic hydroxyl groups is 1. The first-order valence-electron chi connectivity index (χ1n) is 5.21. The van der Waals surface area contributed by atoms with Crippen molar-refractivity contribution in [3.63, 3.8) is 0 Å². The fraction of sp³-hybridized carbons (Fsp3) is 0.417. The minimum atomic E-state index is -0.452. The Morgan fingerprint density at radius 3 is 2.41 bits per heavy atom. The molecular weight excluding hydrogens is 242 g/mol. The third-order valence-corrected chi connectivity index (χ3v) is 3.20. The average molecular weight is 258 g/mol. The van der Waals surface area contributed by atoms with E-state index in [1.807, 2.05) is 0 Å². The molecule has 1 aromatic carbocycles. The number of halogens is 1. The number of rotatable bonds is 2. The number of hydrogen-bond donors (Lipinski definition) is 2. The molecule has 0 saturated heterocycles. The lowest BCUT2D eigenvalue weighted by Gasteiger charge is -2.43. The second-order valence-electron chi connectivity index (χ2n) is 4.33. The maximum Gasteiger partial charge on any atom is 0.308 e. The van der Waals surface area contributed by atoms with E-state index in [1.54, 1.807) is 24.3 Å². The van der Waals surface area contributed by atoms with Gasteiger partial charge in [-0.1, -0.05) is 12.1 Å². The molecule has 4 nitrogen and oxygen atoms in total. The molecule has 0 radical (unpaired) electrons. The lowest BCUT2D eigenvalue weighted by atomic mass is 9.65. The monoisotopic (exact) mass is 257 g/mol. The summed E-state index contributed by atoms with van der Waals surface area (Å²) in [6, 6.07) is 6.80. The summed E-state index contributed by atoms with van der Waals surface area (Å²) >= 11 is 0. The quantitative estimate of drug-likeness (QED) is 0.789. The molecule has 0 amide bonds. The molecule has 1 aromatic rings. The molecule has 0 aliphatic heterocycles. The highest BCUT2D eigenvalue weighted by Crippen LogP contribution is 2.44. The van der Waals surface area contributed by atoms with Gasteiger partial charge in [0.25, 0.3) is 0 Å². The van der Waals surface area contributed by atoms with Crippen LogP contribution in [-0.4, -0.2) is 18.2 Å². The van der Waals surface area contributed by atoms with Crippen molar-refractivity contribution in [3.05, 3.63) is 29.8 Å². The summed E-state index contributed by atoms with van der Waals surface area (Å²) in [7, 11) is 1.39. The van der Waals surface area contributed by atoms with Crippen LogP contribution in [0, 0.1) is 5.92 Å². The number of hydrogen-bond acceptors (Lipinski definition) is 4. The molecule has 1 aliphatic carbocycles. The molecule has 94 valence electrons. The van der Waals surface area contributed by atoms with Crippen LogP contribution >= 0.6 is 12.4 Å². The van der Waals surface area contributed by atoms with E-state index in [2.05, 4.69) is 4.74 Å². The molecule has 1 fully saturated rings. The van der Waals surface area contributed by atoms with E-state index in [1.165, 1.54) is 7.11 Å². The van der Waals surface area contributed by atoms with Gasteiger partial charge in [0.15, 0.2) is 0 Å². The lowest BCUT2D eigenvalue weighted by Crippen LogP contribution is -2.51. The number of ether oxygens (including phenoxy) is 1. The summed E-state index contributed by atoms with van der Waals surface area (Å²) < 4.78 is 4.67. The van der Waals surface area contributed by atoms with Crippen LogP contribution in [0.3, 0.4) is 0 Å². The predicted octanol–water partition coefficient (Wildman–Crippen LogP) is 1.55. The molecule has 1 aliphatic rings. The van der Waals surface area contributed by atoms with Crippen LogP contribution in [0.4, 0.5) is 0 Å². The first-order chi connectivity index (χ1) is 7.55. The largest absolute Gasteiger partial charge is 0.508 e. The summed E-state index contributed by atoms with van der Waals surface area (Å²) in [5.74, 6) is -0.0696. The molecule has 0 heterocycles. The first kappa shape index (κ1) is 13.8. The van der Waals surface area contributed by atoms with Gasteiger partial charge in [-0.05, 0) is 30.5 Å². The van der Waals surface area contributed by atoms with Crippen molar-refractivity contribution in [1.29, 1.82) is 0 Å². The standard InChI is InChI=1S/C12H15NO3.ClH/c1-16-11(15)8-6-12(13,7-8)9-2-4-10(14)5-3-9;/h2-5,8,14H,6-7,13H2,1H3;1H. The summed E-state index contributed by atoms with van der Waals surface area (Å²) in [6.07, 6.45) is 1.20. The van der Waals surface area contributed by atoms with Gasteiger partial charge in [0, 0.05) is 5.54 Å². The molecule has 0 unspecified atom stereocenters. The fourth-order valence-corrected chi connectivity index (χ4v) is 2.18. The number of phenols is 1. The van der Waals surface area contributed by atoms with Gasteiger partial charge >= 0.3 is 5.97 Å². The summed E-state index contributed by atoms with van der Waals surface area (Å²) in [5, 5.41) is 9.18. The zero-order chi connectivity index (χ0) is 11.8. The molecule has 0 aromatic heterocycles. The zero-order valence-electron chi connectivity index (χ0n) is 9.55. The number of phenolic OH excluding ortho intramolecular Hbond substituents is 1. The molecule has 17 heavy (non-hydrogen) atoms. The Labute approximate surface area is 106 Å². The Morgan fingerprint density at radius 1 is 1.41 bits per heavy atom. The Hall–Kier alpha value is -1.26. The third kappa shape index (κ3) is 2.53. The predicted molar refractivity (Wildman–Crippen MR) is 66.0 cm³/mol. The Morgan fingerprint density at radius 2 is 1.94 bits per heavy atom. The summed E-state index contributed by atoms with van der Waals surface area (Å²) in [4.78, 5) is 11.2. The maximum absolute atomic E-state index is 11.2. The van der Waals surface area contributed by atoms with E-state index in [0.29, 0.717) is 12.8 Å². The zero-order valence-corrected chi connectivity index (χ0v) is 10.4. The van der Waals surface area contributed by atoms with Gasteiger partial charge in [0.05, 0.1) is 13.0 Å². The topological polar surface area (TPSA) is 72.5 Å². The van der Waals surface area contributed by atoms with E-state index >= 15 is 0 Å². The number of benzene rings is 1. The van der Waals surface area contributed by atoms with E-state index in [-0.39, 0.29) is 30.0 Å². The van der Waals surface area contributed by atoms with Crippen molar-refractivity contribution in [2.24, 2.45) is 11.7 Å². The van der Waals surface area contributed by atoms with Crippen LogP contribution in [0.15, 0.2) is 24.3 Å². The van der Waals surface area contributed by atoms with Gasteiger partial charge < -0.3 is 15.6 Å². The highest BCUT2D eigenvalue weighted by atomic mass is 35.5. The average Bonchev–Trinajstić information content (AvgIpc) is 2.25. The molecule has 0 atom stereocenters. The second-order valence-corrected chi connectivity index (χ2v) is 4.33. The van der Waals surface area contributed by atoms with Crippen molar-refractivity contribution < 1.29 is 14.6 Å². The lowest BCUT2D eigenvalue weighted by molar-refractivity contribution is -0.151. The third-order valence-electron chi connectivity index (χ3n) is 3.20. The van der Waals surface area contributed by atoms with Gasteiger partial charge in [0.2, 0.25) is 0 Å². The molecule has 5 heteroatoms. The minimum Gasteiger partial charge on any atom is -0.508 e. The van der Waals surface area contributed by atoms with Crippen molar-refractivity contribution in [2.45, 2.75) is 18.4 Å². The SMILES string of the molecule is COC(=O)C1CC(N)(c2ccc(O)cc2)C1.Cl. The number of methoxy groups -OCH3 is 1. The van der Waals surface area contributed by atoms with Crippen LogP contribution < -0.4 is 5.73 Å². The summed E-state index contributed by atoms with van der Waals surface area (Å²) in [6.45, 7) is 0. The fourth-order valence-electron chi connectivity index (χ4n) is 2.18. The van der Waals surface area contributed by atoms with Crippen LogP contribution in [-0.2, 0) is 15.1 Å². The van der Waals surface area contributed by atoms with Crippen molar-refractivity contribution in [1.82, 2.24) is 0 Å². The highest BCUT2D eigenvalue weighted by molar-refractivity contribution is 5.85. The number of carbonyl (C=O) groups excluding carboxylic acids is 1. The molecule has 0 bridgehead atoms. The van der Waals surface area contributed by atoms with Gasteiger partial charge in [-0.15, -0.1) is 12.4 Å². The Bertz CT molecular complexity index is 399. The second kappa shape index (κ2) is 4.94. The van der Waals surface area contributed by atoms with Crippen LogP contribution in [0.1, 0.15) is 18.4 Å². The van der Waals surface area contributed by atoms with E-state index in [4.69, 9.17) is 5.73 Å². The molecule has 3 N–H and O–H groups in total. The number of esters is 1. The van der Waals surface area contributed by atoms with Gasteiger partial charge in [-0.3, -0.25) is 4.79 Å². The van der Waals surface area contributed by atoms with Crippen molar-refractivity contribution in [3.8, 4) is 5.75 Å². The highest BCUT2D eigenvalue weighted by Gasteiger charge is 2.46. The Kier molecular flexibility index (Phi) is 4.01. The maximum atomic E-state index is 11.2. The van der Waals surface area contributed by atoms with Crippen LogP contribution in [0.2, 0.25) is 0 Å². The molecular formula is C12H16ClNO3. The van der Waals surface area contributed by atoms with Crippen molar-refractivity contribution in [2.75, 3.05) is 7.11 Å². The smallest absolute Gasteiger partial charge is 0.308 e. The Balaban J connectivity index is 0.00000144. The minimum absolute atomic E-state index is 0. The first-order valence-corrected chi connectivity index (χ1v) is 5.21. The summed E-state index contributed by atoms with van der Waals surface area (Å²) in [5.41, 5.74) is 6.67. The van der Waals surface area contributed by atoms with E-state index in [0.717, 1.165) is 5.56 Å². The molecule has 0 spiro atoms. The van der Waals surface area contributed by atoms with Crippen molar-refractivity contribution >= 4 is 18.4 Å². The van der Waals surface area contributed by atoms with Crippen LogP contribution in [0.5, 0.6) is 5.75 Å². The number of carbonyl (C=O) groups is 1. The van der Waals surface area contributed by atoms with Gasteiger partial charge in [0.1, 0.15) is 5.75 Å². The van der Waals surface area contributed by atoms with Gasteiger partial charge in [-0.25, -0.2) is 0 Å².